The molecule has 3 heterocycles. The minimum atomic E-state index is 0.0904. The number of hydrogen-bond acceptors (Lipinski definition) is 3. The van der Waals surface area contributed by atoms with Crippen LogP contribution in [0.5, 0.6) is 0 Å². The molecule has 0 radical (unpaired) electrons. The van der Waals surface area contributed by atoms with E-state index in [9.17, 15) is 4.79 Å². The van der Waals surface area contributed by atoms with Gasteiger partial charge in [0.1, 0.15) is 23.8 Å². The van der Waals surface area contributed by atoms with Gasteiger partial charge in [-0.25, -0.2) is 4.98 Å². The van der Waals surface area contributed by atoms with Gasteiger partial charge < -0.3 is 14.7 Å². The number of amides is 1. The van der Waals surface area contributed by atoms with Crippen molar-refractivity contribution in [3.05, 3.63) is 41.4 Å². The van der Waals surface area contributed by atoms with E-state index < -0.39 is 0 Å². The van der Waals surface area contributed by atoms with E-state index in [1.54, 1.807) is 21.1 Å². The van der Waals surface area contributed by atoms with Gasteiger partial charge in [-0.1, -0.05) is 30.3 Å². The van der Waals surface area contributed by atoms with Crippen molar-refractivity contribution in [2.75, 3.05) is 52.4 Å². The second-order valence-electron chi connectivity index (χ2n) is 7.40. The third kappa shape index (κ3) is 4.14. The van der Waals surface area contributed by atoms with E-state index in [-0.39, 0.29) is 5.91 Å². The number of benzene rings is 1. The van der Waals surface area contributed by atoms with Gasteiger partial charge >= 0.3 is 0 Å². The smallest absolute Gasteiger partial charge is 0.273 e. The highest BCUT2D eigenvalue weighted by Crippen LogP contribution is 2.23. The Morgan fingerprint density at radius 2 is 1.65 bits per heavy atom. The minimum Gasteiger partial charge on any atom is -0.330 e. The molecular formula is C20H28N4OS+2. The highest BCUT2D eigenvalue weighted by molar-refractivity contribution is 7.13. The molecule has 2 N–H and O–H groups in total. The molecular weight excluding hydrogens is 344 g/mol. The Labute approximate surface area is 159 Å². The molecule has 6 heteroatoms. The van der Waals surface area contributed by atoms with Gasteiger partial charge in [0, 0.05) is 23.8 Å². The van der Waals surface area contributed by atoms with Gasteiger partial charge in [0.25, 0.3) is 5.91 Å². The molecule has 2 aromatic rings. The Morgan fingerprint density at radius 3 is 2.35 bits per heavy atom. The number of aromatic nitrogens is 1. The average Bonchev–Trinajstić information content (AvgIpc) is 3.39. The van der Waals surface area contributed by atoms with Crippen LogP contribution in [0.3, 0.4) is 0 Å². The van der Waals surface area contributed by atoms with Crippen LogP contribution in [-0.2, 0) is 0 Å². The summed E-state index contributed by atoms with van der Waals surface area (Å²) in [5.74, 6) is 0.0904. The van der Waals surface area contributed by atoms with Crippen LogP contribution in [0.1, 0.15) is 23.3 Å². The summed E-state index contributed by atoms with van der Waals surface area (Å²) in [4.78, 5) is 22.8. The van der Waals surface area contributed by atoms with E-state index >= 15 is 0 Å². The number of thiazole rings is 1. The number of carbonyl (C=O) groups is 1. The van der Waals surface area contributed by atoms with Gasteiger partial charge in [-0.15, -0.1) is 11.3 Å². The zero-order chi connectivity index (χ0) is 17.8. The Balaban J connectivity index is 1.29. The predicted octanol–water partition coefficient (Wildman–Crippen LogP) is -0.170. The number of quaternary nitrogens is 2. The standard InChI is InChI=1S/C20H26N4OS/c25-20(18-16-26-19(21-18)17-6-2-1-3-7-17)24-14-12-23(13-15-24)11-10-22-8-4-5-9-22/h1-3,6-7,16H,4-5,8-15H2/p+2. The van der Waals surface area contributed by atoms with E-state index in [0.717, 1.165) is 36.8 Å². The van der Waals surface area contributed by atoms with Crippen LogP contribution in [0.15, 0.2) is 35.7 Å². The van der Waals surface area contributed by atoms with E-state index in [1.165, 1.54) is 39.0 Å². The summed E-state index contributed by atoms with van der Waals surface area (Å²) in [6.07, 6.45) is 2.79. The SMILES string of the molecule is O=C(c1csc(-c2ccccc2)n1)N1CC[NH+](CC[NH+]2CCCC2)CC1. The van der Waals surface area contributed by atoms with Crippen molar-refractivity contribution in [2.45, 2.75) is 12.8 Å². The zero-order valence-corrected chi connectivity index (χ0v) is 16.1. The van der Waals surface area contributed by atoms with Crippen LogP contribution in [-0.4, -0.2) is 68.1 Å². The van der Waals surface area contributed by atoms with Crippen LogP contribution in [0.25, 0.3) is 10.6 Å². The summed E-state index contributed by atoms with van der Waals surface area (Å²) in [6, 6.07) is 10.1. The first-order chi connectivity index (χ1) is 12.8. The van der Waals surface area contributed by atoms with Crippen molar-refractivity contribution in [1.29, 1.82) is 0 Å². The number of hydrogen-bond donors (Lipinski definition) is 2. The molecule has 138 valence electrons. The Morgan fingerprint density at radius 1 is 1.00 bits per heavy atom. The first-order valence-corrected chi connectivity index (χ1v) is 10.6. The molecule has 0 atom stereocenters. The maximum Gasteiger partial charge on any atom is 0.273 e. The van der Waals surface area contributed by atoms with Gasteiger partial charge in [0.15, 0.2) is 0 Å². The van der Waals surface area contributed by atoms with Gasteiger partial charge in [0.2, 0.25) is 0 Å². The van der Waals surface area contributed by atoms with E-state index in [0.29, 0.717) is 5.69 Å². The number of likely N-dealkylation sites (tertiary alicyclic amines) is 1. The number of rotatable bonds is 5. The normalized spacial score (nSPS) is 19.2. The highest BCUT2D eigenvalue weighted by Gasteiger charge is 2.27. The maximum absolute atomic E-state index is 12.8. The molecule has 0 unspecified atom stereocenters. The molecule has 4 rings (SSSR count). The molecule has 26 heavy (non-hydrogen) atoms. The lowest BCUT2D eigenvalue weighted by molar-refractivity contribution is -0.954. The van der Waals surface area contributed by atoms with Gasteiger partial charge in [-0.2, -0.15) is 0 Å². The molecule has 5 nitrogen and oxygen atoms in total. The highest BCUT2D eigenvalue weighted by atomic mass is 32.1. The molecule has 2 fully saturated rings. The van der Waals surface area contributed by atoms with E-state index in [2.05, 4.69) is 4.98 Å². The molecule has 0 aliphatic carbocycles. The van der Waals surface area contributed by atoms with Crippen molar-refractivity contribution in [3.63, 3.8) is 0 Å². The number of carbonyl (C=O) groups excluding carboxylic acids is 1. The number of nitrogens with zero attached hydrogens (tertiary/aromatic N) is 2. The zero-order valence-electron chi connectivity index (χ0n) is 15.2. The summed E-state index contributed by atoms with van der Waals surface area (Å²) in [6.45, 7) is 9.06. The summed E-state index contributed by atoms with van der Waals surface area (Å²) >= 11 is 1.55. The van der Waals surface area contributed by atoms with Gasteiger partial charge in [0.05, 0.1) is 39.3 Å². The first kappa shape index (κ1) is 17.6. The monoisotopic (exact) mass is 372 g/mol. The predicted molar refractivity (Wildman–Crippen MR) is 104 cm³/mol. The third-order valence-electron chi connectivity index (χ3n) is 5.64. The quantitative estimate of drug-likeness (QED) is 0.765. The average molecular weight is 373 g/mol. The Kier molecular flexibility index (Phi) is 5.62. The third-order valence-corrected chi connectivity index (χ3v) is 6.54. The lowest BCUT2D eigenvalue weighted by Gasteiger charge is -2.32. The van der Waals surface area contributed by atoms with Crippen molar-refractivity contribution in [2.24, 2.45) is 0 Å². The fourth-order valence-corrected chi connectivity index (χ4v) is 4.80. The van der Waals surface area contributed by atoms with Crippen LogP contribution >= 0.6 is 11.3 Å². The van der Waals surface area contributed by atoms with Crippen molar-refractivity contribution in [3.8, 4) is 10.6 Å². The van der Waals surface area contributed by atoms with Gasteiger partial charge in [-0.3, -0.25) is 4.79 Å². The Bertz CT molecular complexity index is 718. The maximum atomic E-state index is 12.8. The lowest BCUT2D eigenvalue weighted by atomic mass is 10.2. The molecule has 0 spiro atoms. The largest absolute Gasteiger partial charge is 0.330 e. The minimum absolute atomic E-state index is 0.0904. The summed E-state index contributed by atoms with van der Waals surface area (Å²) < 4.78 is 0. The number of nitrogens with one attached hydrogen (secondary N) is 2. The summed E-state index contributed by atoms with van der Waals surface area (Å²) in [5.41, 5.74) is 1.68. The van der Waals surface area contributed by atoms with Crippen LogP contribution in [0, 0.1) is 0 Å². The molecule has 2 saturated heterocycles. The van der Waals surface area contributed by atoms with E-state index in [4.69, 9.17) is 0 Å². The van der Waals surface area contributed by atoms with Gasteiger partial charge in [-0.05, 0) is 0 Å². The Hall–Kier alpha value is -1.76. The second kappa shape index (κ2) is 8.29. The van der Waals surface area contributed by atoms with Crippen molar-refractivity contribution >= 4 is 17.2 Å². The first-order valence-electron chi connectivity index (χ1n) is 9.77. The van der Waals surface area contributed by atoms with Crippen molar-refractivity contribution < 1.29 is 14.6 Å². The summed E-state index contributed by atoms with van der Waals surface area (Å²) in [7, 11) is 0. The van der Waals surface area contributed by atoms with Crippen LogP contribution in [0.4, 0.5) is 0 Å². The van der Waals surface area contributed by atoms with Crippen LogP contribution < -0.4 is 9.80 Å². The molecule has 2 aliphatic rings. The van der Waals surface area contributed by atoms with Crippen LogP contribution in [0.2, 0.25) is 0 Å². The van der Waals surface area contributed by atoms with Crippen molar-refractivity contribution in [1.82, 2.24) is 9.88 Å². The molecule has 1 aromatic carbocycles. The second-order valence-corrected chi connectivity index (χ2v) is 8.26. The molecule has 0 saturated carbocycles. The molecule has 1 aromatic heterocycles. The molecule has 0 bridgehead atoms. The number of piperazine rings is 1. The molecule has 1 amide bonds. The lowest BCUT2D eigenvalue weighted by Crippen LogP contribution is -3.21. The van der Waals surface area contributed by atoms with E-state index in [1.807, 2.05) is 40.6 Å². The topological polar surface area (TPSA) is 42.1 Å². The molecule has 2 aliphatic heterocycles. The fraction of sp³-hybridized carbons (Fsp3) is 0.500. The fourth-order valence-electron chi connectivity index (χ4n) is 4.00. The summed E-state index contributed by atoms with van der Waals surface area (Å²) in [5, 5.41) is 2.83.